The van der Waals surface area contributed by atoms with Crippen LogP contribution in [0.4, 0.5) is 0 Å². The van der Waals surface area contributed by atoms with Crippen molar-refractivity contribution in [1.29, 1.82) is 0 Å². The van der Waals surface area contributed by atoms with Crippen molar-refractivity contribution in [3.8, 4) is 0 Å². The van der Waals surface area contributed by atoms with Crippen LogP contribution in [0.5, 0.6) is 0 Å². The SMILES string of the molecule is CC(=O)N1CC[NH+](CC(=O)c2cc(C)n(C(c3ccccc3)c3ccccc3)c2C)CC1. The Morgan fingerprint density at radius 2 is 1.44 bits per heavy atom. The van der Waals surface area contributed by atoms with Gasteiger partial charge >= 0.3 is 0 Å². The highest BCUT2D eigenvalue weighted by Gasteiger charge is 2.27. The zero-order valence-electron chi connectivity index (χ0n) is 19.2. The average Bonchev–Trinajstić information content (AvgIpc) is 3.10. The lowest BCUT2D eigenvalue weighted by molar-refractivity contribution is -0.895. The first kappa shape index (κ1) is 22.0. The maximum Gasteiger partial charge on any atom is 0.219 e. The van der Waals surface area contributed by atoms with E-state index in [9.17, 15) is 9.59 Å². The van der Waals surface area contributed by atoms with Gasteiger partial charge in [0, 0.05) is 23.9 Å². The predicted molar refractivity (Wildman–Crippen MR) is 126 cm³/mol. The fourth-order valence-corrected chi connectivity index (χ4v) is 4.85. The Kier molecular flexibility index (Phi) is 6.56. The molecule has 166 valence electrons. The lowest BCUT2D eigenvalue weighted by atomic mass is 9.98. The van der Waals surface area contributed by atoms with Crippen molar-refractivity contribution in [2.45, 2.75) is 26.8 Å². The molecule has 0 radical (unpaired) electrons. The van der Waals surface area contributed by atoms with E-state index in [-0.39, 0.29) is 17.7 Å². The molecule has 1 fully saturated rings. The van der Waals surface area contributed by atoms with Gasteiger partial charge in [-0.2, -0.15) is 0 Å². The molecule has 0 spiro atoms. The summed E-state index contributed by atoms with van der Waals surface area (Å²) < 4.78 is 2.29. The molecule has 5 heteroatoms. The average molecular weight is 431 g/mol. The van der Waals surface area contributed by atoms with Crippen LogP contribution in [0.3, 0.4) is 0 Å². The van der Waals surface area contributed by atoms with Crippen LogP contribution in [0.2, 0.25) is 0 Å². The molecule has 0 aliphatic carbocycles. The summed E-state index contributed by atoms with van der Waals surface area (Å²) in [7, 11) is 0. The van der Waals surface area contributed by atoms with Crippen molar-refractivity contribution in [2.24, 2.45) is 0 Å². The number of Topliss-reactive ketones (excluding diaryl/α,β-unsaturated/α-hetero) is 1. The van der Waals surface area contributed by atoms with Crippen molar-refractivity contribution in [3.63, 3.8) is 0 Å². The fourth-order valence-electron chi connectivity index (χ4n) is 4.85. The third kappa shape index (κ3) is 4.53. The molecular weight excluding hydrogens is 398 g/mol. The van der Waals surface area contributed by atoms with E-state index >= 15 is 0 Å². The second kappa shape index (κ2) is 9.53. The summed E-state index contributed by atoms with van der Waals surface area (Å²) in [5, 5.41) is 0. The number of piperazine rings is 1. The number of hydrogen-bond donors (Lipinski definition) is 1. The summed E-state index contributed by atoms with van der Waals surface area (Å²) in [6.07, 6.45) is 0. The fraction of sp³-hybridized carbons (Fsp3) is 0.333. The number of aryl methyl sites for hydroxylation is 1. The Bertz CT molecular complexity index is 1040. The molecule has 1 N–H and O–H groups in total. The molecule has 5 nitrogen and oxygen atoms in total. The monoisotopic (exact) mass is 430 g/mol. The molecule has 1 saturated heterocycles. The molecule has 1 aliphatic rings. The van der Waals surface area contributed by atoms with Gasteiger partial charge in [0.05, 0.1) is 32.2 Å². The van der Waals surface area contributed by atoms with Crippen LogP contribution < -0.4 is 4.90 Å². The van der Waals surface area contributed by atoms with Gasteiger partial charge in [-0.1, -0.05) is 60.7 Å². The molecule has 2 heterocycles. The number of rotatable bonds is 6. The van der Waals surface area contributed by atoms with E-state index in [1.807, 2.05) is 23.1 Å². The standard InChI is InChI=1S/C27H31N3O2/c1-20-18-25(26(32)19-28-14-16-29(17-15-28)22(3)31)21(2)30(20)27(23-10-6-4-7-11-23)24-12-8-5-9-13-24/h4-13,18,27H,14-17,19H2,1-3H3/p+1. The first-order valence-corrected chi connectivity index (χ1v) is 11.4. The van der Waals surface area contributed by atoms with Crippen molar-refractivity contribution in [3.05, 3.63) is 94.8 Å². The highest BCUT2D eigenvalue weighted by Crippen LogP contribution is 2.31. The number of nitrogens with one attached hydrogen (secondary N) is 1. The third-order valence-electron chi connectivity index (χ3n) is 6.60. The molecule has 3 aromatic rings. The van der Waals surface area contributed by atoms with Crippen molar-refractivity contribution in [2.75, 3.05) is 32.7 Å². The largest absolute Gasteiger partial charge is 0.337 e. The summed E-state index contributed by atoms with van der Waals surface area (Å²) in [6, 6.07) is 23.0. The lowest BCUT2D eigenvalue weighted by Gasteiger charge is -2.31. The molecule has 0 saturated carbocycles. The molecule has 1 aliphatic heterocycles. The van der Waals surface area contributed by atoms with E-state index in [1.54, 1.807) is 6.92 Å². The second-order valence-corrected chi connectivity index (χ2v) is 8.73. The Hall–Kier alpha value is -3.18. The van der Waals surface area contributed by atoms with Crippen LogP contribution in [0.1, 0.15) is 45.8 Å². The first-order valence-electron chi connectivity index (χ1n) is 11.4. The van der Waals surface area contributed by atoms with E-state index in [1.165, 1.54) is 16.0 Å². The molecule has 1 aromatic heterocycles. The lowest BCUT2D eigenvalue weighted by Crippen LogP contribution is -3.15. The van der Waals surface area contributed by atoms with Crippen LogP contribution in [0, 0.1) is 13.8 Å². The van der Waals surface area contributed by atoms with Crippen molar-refractivity contribution < 1.29 is 14.5 Å². The van der Waals surface area contributed by atoms with E-state index in [0.717, 1.165) is 43.1 Å². The molecule has 0 atom stereocenters. The first-order chi connectivity index (χ1) is 15.5. The van der Waals surface area contributed by atoms with E-state index in [2.05, 4.69) is 66.9 Å². The minimum absolute atomic E-state index is 0.0189. The topological polar surface area (TPSA) is 46.8 Å². The number of carbonyl (C=O) groups excluding carboxylic acids is 2. The molecule has 0 bridgehead atoms. The number of amides is 1. The number of quaternary nitrogens is 1. The van der Waals surface area contributed by atoms with Crippen LogP contribution >= 0.6 is 0 Å². The van der Waals surface area contributed by atoms with Gasteiger partial charge in [0.25, 0.3) is 0 Å². The van der Waals surface area contributed by atoms with Crippen LogP contribution in [0.25, 0.3) is 0 Å². The van der Waals surface area contributed by atoms with Gasteiger partial charge in [-0.3, -0.25) is 9.59 Å². The maximum absolute atomic E-state index is 13.3. The normalized spacial score (nSPS) is 14.7. The highest BCUT2D eigenvalue weighted by molar-refractivity contribution is 5.98. The highest BCUT2D eigenvalue weighted by atomic mass is 16.2. The summed E-state index contributed by atoms with van der Waals surface area (Å²) in [5.41, 5.74) is 5.30. The van der Waals surface area contributed by atoms with Crippen molar-refractivity contribution >= 4 is 11.7 Å². The third-order valence-corrected chi connectivity index (χ3v) is 6.60. The number of ketones is 1. The smallest absolute Gasteiger partial charge is 0.219 e. The Morgan fingerprint density at radius 3 is 1.94 bits per heavy atom. The van der Waals surface area contributed by atoms with Gasteiger partial charge in [0.15, 0.2) is 0 Å². The van der Waals surface area contributed by atoms with Gasteiger partial charge in [0.2, 0.25) is 11.7 Å². The number of carbonyl (C=O) groups is 2. The maximum atomic E-state index is 13.3. The van der Waals surface area contributed by atoms with E-state index in [0.29, 0.717) is 6.54 Å². The zero-order chi connectivity index (χ0) is 22.7. The van der Waals surface area contributed by atoms with Gasteiger partial charge in [-0.25, -0.2) is 0 Å². The molecule has 0 unspecified atom stereocenters. The minimum atomic E-state index is 0.0189. The number of nitrogens with zero attached hydrogens (tertiary/aromatic N) is 2. The molecule has 32 heavy (non-hydrogen) atoms. The Labute approximate surface area is 190 Å². The van der Waals surface area contributed by atoms with Gasteiger partial charge < -0.3 is 14.4 Å². The zero-order valence-corrected chi connectivity index (χ0v) is 19.2. The van der Waals surface area contributed by atoms with Crippen LogP contribution in [0.15, 0.2) is 66.7 Å². The Morgan fingerprint density at radius 1 is 0.906 bits per heavy atom. The summed E-state index contributed by atoms with van der Waals surface area (Å²) in [6.45, 7) is 9.31. The van der Waals surface area contributed by atoms with E-state index < -0.39 is 0 Å². The molecule has 2 aromatic carbocycles. The van der Waals surface area contributed by atoms with E-state index in [4.69, 9.17) is 0 Å². The summed E-state index contributed by atoms with van der Waals surface area (Å²) in [4.78, 5) is 28.0. The van der Waals surface area contributed by atoms with Gasteiger partial charge in [-0.05, 0) is 31.0 Å². The Balaban J connectivity index is 1.61. The quantitative estimate of drug-likeness (QED) is 0.612. The van der Waals surface area contributed by atoms with Crippen molar-refractivity contribution in [1.82, 2.24) is 9.47 Å². The van der Waals surface area contributed by atoms with Gasteiger partial charge in [-0.15, -0.1) is 0 Å². The number of benzene rings is 2. The molecule has 4 rings (SSSR count). The number of aromatic nitrogens is 1. The molecule has 1 amide bonds. The summed E-state index contributed by atoms with van der Waals surface area (Å²) >= 11 is 0. The predicted octanol–water partition coefficient (Wildman–Crippen LogP) is 2.67. The van der Waals surface area contributed by atoms with Gasteiger partial charge in [0.1, 0.15) is 6.54 Å². The summed E-state index contributed by atoms with van der Waals surface area (Å²) in [5.74, 6) is 0.294. The van der Waals surface area contributed by atoms with Crippen LogP contribution in [-0.2, 0) is 4.79 Å². The number of hydrogen-bond acceptors (Lipinski definition) is 2. The molecular formula is C27H32N3O2+. The minimum Gasteiger partial charge on any atom is -0.337 e. The van der Waals surface area contributed by atoms with Crippen LogP contribution in [-0.4, -0.2) is 53.9 Å². The second-order valence-electron chi connectivity index (χ2n) is 8.73.